The molecular formula is C9H17NO. The molecule has 0 saturated carbocycles. The average molecular weight is 155 g/mol. The van der Waals surface area contributed by atoms with Crippen LogP contribution in [0.2, 0.25) is 0 Å². The highest BCUT2D eigenvalue weighted by Gasteiger charge is 2.04. The van der Waals surface area contributed by atoms with Gasteiger partial charge < -0.3 is 5.32 Å². The molecule has 0 aromatic rings. The van der Waals surface area contributed by atoms with Crippen molar-refractivity contribution in [3.63, 3.8) is 0 Å². The number of carbonyl (C=O) groups is 1. The lowest BCUT2D eigenvalue weighted by atomic mass is 10.1. The fourth-order valence-electron chi connectivity index (χ4n) is 0.719. The third-order valence-corrected chi connectivity index (χ3v) is 1.67. The Bertz CT molecular complexity index is 132. The van der Waals surface area contributed by atoms with Gasteiger partial charge in [0.25, 0.3) is 0 Å². The monoisotopic (exact) mass is 155 g/mol. The summed E-state index contributed by atoms with van der Waals surface area (Å²) in [6.45, 7) is 8.26. The summed E-state index contributed by atoms with van der Waals surface area (Å²) in [5.74, 6) is 0.610. The van der Waals surface area contributed by atoms with E-state index in [9.17, 15) is 4.79 Å². The predicted molar refractivity (Wildman–Crippen MR) is 47.3 cm³/mol. The maximum absolute atomic E-state index is 11.0. The van der Waals surface area contributed by atoms with E-state index in [1.165, 1.54) is 0 Å². The van der Waals surface area contributed by atoms with E-state index in [1.807, 2.05) is 0 Å². The van der Waals surface area contributed by atoms with Crippen LogP contribution in [0.4, 0.5) is 0 Å². The molecule has 11 heavy (non-hydrogen) atoms. The third kappa shape index (κ3) is 5.64. The Morgan fingerprint density at radius 2 is 2.36 bits per heavy atom. The highest BCUT2D eigenvalue weighted by Crippen LogP contribution is 2.04. The predicted octanol–water partition coefficient (Wildman–Crippen LogP) is 1.72. The van der Waals surface area contributed by atoms with Gasteiger partial charge in [0.2, 0.25) is 5.91 Å². The van der Waals surface area contributed by atoms with Crippen molar-refractivity contribution < 1.29 is 4.79 Å². The molecule has 2 heteroatoms. The minimum absolute atomic E-state index is 0.124. The SMILES string of the molecule is C=CCNC(=O)CC(C)CC. The van der Waals surface area contributed by atoms with Gasteiger partial charge in [0.1, 0.15) is 0 Å². The number of carbonyl (C=O) groups excluding carboxylic acids is 1. The number of hydrogen-bond donors (Lipinski definition) is 1. The van der Waals surface area contributed by atoms with Gasteiger partial charge in [-0.1, -0.05) is 26.3 Å². The molecule has 0 aliphatic heterocycles. The highest BCUT2D eigenvalue weighted by atomic mass is 16.1. The lowest BCUT2D eigenvalue weighted by Gasteiger charge is -2.06. The van der Waals surface area contributed by atoms with Crippen LogP contribution in [0.25, 0.3) is 0 Å². The molecular weight excluding hydrogens is 138 g/mol. The minimum Gasteiger partial charge on any atom is -0.353 e. The van der Waals surface area contributed by atoms with Crippen LogP contribution in [0.3, 0.4) is 0 Å². The Hall–Kier alpha value is -0.790. The Kier molecular flexibility index (Phi) is 5.53. The maximum Gasteiger partial charge on any atom is 0.220 e. The summed E-state index contributed by atoms with van der Waals surface area (Å²) in [6, 6.07) is 0. The van der Waals surface area contributed by atoms with Crippen LogP contribution in [0.1, 0.15) is 26.7 Å². The van der Waals surface area contributed by atoms with Gasteiger partial charge >= 0.3 is 0 Å². The molecule has 0 aliphatic carbocycles. The summed E-state index contributed by atoms with van der Waals surface area (Å²) < 4.78 is 0. The van der Waals surface area contributed by atoms with Crippen molar-refractivity contribution in [1.82, 2.24) is 5.32 Å². The van der Waals surface area contributed by atoms with Gasteiger partial charge in [-0.2, -0.15) is 0 Å². The molecule has 1 unspecified atom stereocenters. The van der Waals surface area contributed by atoms with Gasteiger partial charge in [0, 0.05) is 13.0 Å². The van der Waals surface area contributed by atoms with Gasteiger partial charge in [-0.3, -0.25) is 4.79 Å². The summed E-state index contributed by atoms with van der Waals surface area (Å²) in [4.78, 5) is 11.0. The van der Waals surface area contributed by atoms with Crippen LogP contribution >= 0.6 is 0 Å². The van der Waals surface area contributed by atoms with E-state index < -0.39 is 0 Å². The number of rotatable bonds is 5. The van der Waals surface area contributed by atoms with Gasteiger partial charge in [-0.25, -0.2) is 0 Å². The molecule has 0 heterocycles. The van der Waals surface area contributed by atoms with Crippen molar-refractivity contribution in [1.29, 1.82) is 0 Å². The number of hydrogen-bond acceptors (Lipinski definition) is 1. The first-order chi connectivity index (χ1) is 5.20. The minimum atomic E-state index is 0.124. The van der Waals surface area contributed by atoms with Crippen LogP contribution < -0.4 is 5.32 Å². The van der Waals surface area contributed by atoms with Crippen LogP contribution in [0, 0.1) is 5.92 Å². The van der Waals surface area contributed by atoms with E-state index in [2.05, 4.69) is 25.7 Å². The summed E-state index contributed by atoms with van der Waals surface area (Å²) in [5, 5.41) is 2.74. The van der Waals surface area contributed by atoms with Crippen molar-refractivity contribution in [3.8, 4) is 0 Å². The first-order valence-electron chi connectivity index (χ1n) is 4.08. The van der Waals surface area contributed by atoms with E-state index >= 15 is 0 Å². The molecule has 0 radical (unpaired) electrons. The standard InChI is InChI=1S/C9H17NO/c1-4-6-10-9(11)7-8(3)5-2/h4,8H,1,5-7H2,2-3H3,(H,10,11). The van der Waals surface area contributed by atoms with Crippen LogP contribution in [-0.2, 0) is 4.79 Å². The van der Waals surface area contributed by atoms with E-state index in [-0.39, 0.29) is 5.91 Å². The average Bonchev–Trinajstić information content (AvgIpc) is 2.00. The zero-order valence-electron chi connectivity index (χ0n) is 7.39. The smallest absolute Gasteiger partial charge is 0.220 e. The molecule has 0 aromatic carbocycles. The molecule has 2 nitrogen and oxygen atoms in total. The molecule has 0 bridgehead atoms. The largest absolute Gasteiger partial charge is 0.353 e. The lowest BCUT2D eigenvalue weighted by molar-refractivity contribution is -0.121. The van der Waals surface area contributed by atoms with Crippen molar-refractivity contribution >= 4 is 5.91 Å². The van der Waals surface area contributed by atoms with Gasteiger partial charge in [0.15, 0.2) is 0 Å². The summed E-state index contributed by atoms with van der Waals surface area (Å²) in [6.07, 6.45) is 3.38. The Morgan fingerprint density at radius 1 is 1.73 bits per heavy atom. The van der Waals surface area contributed by atoms with Crippen molar-refractivity contribution in [2.45, 2.75) is 26.7 Å². The fourth-order valence-corrected chi connectivity index (χ4v) is 0.719. The van der Waals surface area contributed by atoms with E-state index in [0.717, 1.165) is 6.42 Å². The summed E-state index contributed by atoms with van der Waals surface area (Å²) in [5.41, 5.74) is 0. The molecule has 1 amide bonds. The number of nitrogens with one attached hydrogen (secondary N) is 1. The topological polar surface area (TPSA) is 29.1 Å². The summed E-state index contributed by atoms with van der Waals surface area (Å²) >= 11 is 0. The van der Waals surface area contributed by atoms with Crippen LogP contribution in [0.15, 0.2) is 12.7 Å². The van der Waals surface area contributed by atoms with Crippen LogP contribution in [-0.4, -0.2) is 12.5 Å². The fraction of sp³-hybridized carbons (Fsp3) is 0.667. The Labute approximate surface area is 68.7 Å². The molecule has 0 fully saturated rings. The second kappa shape index (κ2) is 5.96. The molecule has 0 spiro atoms. The Balaban J connectivity index is 3.43. The van der Waals surface area contributed by atoms with Crippen molar-refractivity contribution in [2.24, 2.45) is 5.92 Å². The van der Waals surface area contributed by atoms with E-state index in [0.29, 0.717) is 18.9 Å². The molecule has 1 N–H and O–H groups in total. The third-order valence-electron chi connectivity index (χ3n) is 1.67. The first kappa shape index (κ1) is 10.2. The molecule has 0 aromatic heterocycles. The van der Waals surface area contributed by atoms with Gasteiger partial charge in [-0.05, 0) is 5.92 Å². The maximum atomic E-state index is 11.0. The molecule has 0 saturated heterocycles. The molecule has 0 rings (SSSR count). The van der Waals surface area contributed by atoms with Crippen molar-refractivity contribution in [2.75, 3.05) is 6.54 Å². The normalized spacial score (nSPS) is 12.2. The lowest BCUT2D eigenvalue weighted by Crippen LogP contribution is -2.24. The zero-order chi connectivity index (χ0) is 8.69. The zero-order valence-corrected chi connectivity index (χ0v) is 7.39. The first-order valence-corrected chi connectivity index (χ1v) is 4.08. The second-order valence-corrected chi connectivity index (χ2v) is 2.81. The molecule has 1 atom stereocenters. The quantitative estimate of drug-likeness (QED) is 0.602. The Morgan fingerprint density at radius 3 is 2.82 bits per heavy atom. The summed E-state index contributed by atoms with van der Waals surface area (Å²) in [7, 11) is 0. The van der Waals surface area contributed by atoms with Gasteiger partial charge in [-0.15, -0.1) is 6.58 Å². The molecule has 64 valence electrons. The van der Waals surface area contributed by atoms with E-state index in [1.54, 1.807) is 6.08 Å². The van der Waals surface area contributed by atoms with E-state index in [4.69, 9.17) is 0 Å². The molecule has 0 aliphatic rings. The van der Waals surface area contributed by atoms with Crippen molar-refractivity contribution in [3.05, 3.63) is 12.7 Å². The van der Waals surface area contributed by atoms with Gasteiger partial charge in [0.05, 0.1) is 0 Å². The number of amides is 1. The highest BCUT2D eigenvalue weighted by molar-refractivity contribution is 5.76. The second-order valence-electron chi connectivity index (χ2n) is 2.81. The van der Waals surface area contributed by atoms with Crippen LogP contribution in [0.5, 0.6) is 0 Å².